The van der Waals surface area contributed by atoms with E-state index in [0.717, 1.165) is 16.3 Å². The van der Waals surface area contributed by atoms with Crippen LogP contribution in [0.15, 0.2) is 60.8 Å². The normalized spacial score (nSPS) is 18.9. The van der Waals surface area contributed by atoms with Crippen LogP contribution in [0.25, 0.3) is 10.8 Å². The molecule has 2 heterocycles. The van der Waals surface area contributed by atoms with Crippen molar-refractivity contribution >= 4 is 22.6 Å². The zero-order valence-electron chi connectivity index (χ0n) is 17.2. The highest BCUT2D eigenvalue weighted by Gasteiger charge is 2.26. The van der Waals surface area contributed by atoms with Gasteiger partial charge in [-0.05, 0) is 43.0 Å². The first kappa shape index (κ1) is 20.0. The van der Waals surface area contributed by atoms with Gasteiger partial charge in [0.25, 0.3) is 11.8 Å². The van der Waals surface area contributed by atoms with Crippen LogP contribution in [0, 0.1) is 0 Å². The van der Waals surface area contributed by atoms with E-state index in [4.69, 9.17) is 4.74 Å². The van der Waals surface area contributed by atoms with Crippen molar-refractivity contribution in [2.45, 2.75) is 32.6 Å². The first-order valence-corrected chi connectivity index (χ1v) is 10.2. The summed E-state index contributed by atoms with van der Waals surface area (Å²) in [5.74, 6) is -0.212. The number of rotatable bonds is 4. The number of fused-ring (bicyclic) bond motifs is 1. The molecule has 0 radical (unpaired) electrons. The quantitative estimate of drug-likeness (QED) is 0.725. The second-order valence-electron chi connectivity index (χ2n) is 7.73. The van der Waals surface area contributed by atoms with Crippen LogP contribution in [0.3, 0.4) is 0 Å². The highest BCUT2D eigenvalue weighted by molar-refractivity contribution is 6.05. The van der Waals surface area contributed by atoms with Gasteiger partial charge in [-0.3, -0.25) is 14.6 Å². The monoisotopic (exact) mass is 403 g/mol. The van der Waals surface area contributed by atoms with Crippen LogP contribution < -0.4 is 5.32 Å². The molecule has 154 valence electrons. The maximum atomic E-state index is 12.8. The predicted molar refractivity (Wildman–Crippen MR) is 115 cm³/mol. The van der Waals surface area contributed by atoms with Gasteiger partial charge in [0.2, 0.25) is 0 Å². The van der Waals surface area contributed by atoms with Gasteiger partial charge in [0.1, 0.15) is 5.69 Å². The lowest BCUT2D eigenvalue weighted by Crippen LogP contribution is -2.48. The largest absolute Gasteiger partial charge is 0.372 e. The second-order valence-corrected chi connectivity index (χ2v) is 7.73. The van der Waals surface area contributed by atoms with Crippen LogP contribution in [-0.2, 0) is 11.3 Å². The summed E-state index contributed by atoms with van der Waals surface area (Å²) in [4.78, 5) is 31.5. The van der Waals surface area contributed by atoms with Crippen LogP contribution in [0.1, 0.15) is 40.3 Å². The maximum Gasteiger partial charge on any atom is 0.270 e. The minimum atomic E-state index is -0.219. The average molecular weight is 403 g/mol. The second kappa shape index (κ2) is 8.63. The van der Waals surface area contributed by atoms with Crippen LogP contribution >= 0.6 is 0 Å². The average Bonchev–Trinajstić information content (AvgIpc) is 2.76. The summed E-state index contributed by atoms with van der Waals surface area (Å²) in [5, 5.41) is 4.72. The Hall–Kier alpha value is -3.25. The smallest absolute Gasteiger partial charge is 0.270 e. The van der Waals surface area contributed by atoms with Gasteiger partial charge in [-0.15, -0.1) is 0 Å². The van der Waals surface area contributed by atoms with Gasteiger partial charge in [-0.25, -0.2) is 0 Å². The van der Waals surface area contributed by atoms with E-state index in [1.807, 2.05) is 73.3 Å². The van der Waals surface area contributed by atoms with E-state index < -0.39 is 0 Å². The number of hydrogen-bond acceptors (Lipinski definition) is 4. The van der Waals surface area contributed by atoms with Gasteiger partial charge in [0, 0.05) is 36.8 Å². The summed E-state index contributed by atoms with van der Waals surface area (Å²) in [5.41, 5.74) is 1.97. The molecule has 2 aromatic carbocycles. The number of carbonyl (C=O) groups is 2. The third-order valence-corrected chi connectivity index (χ3v) is 5.25. The van der Waals surface area contributed by atoms with Gasteiger partial charge in [0.05, 0.1) is 12.2 Å². The van der Waals surface area contributed by atoms with Gasteiger partial charge < -0.3 is 15.0 Å². The molecule has 30 heavy (non-hydrogen) atoms. The Bertz CT molecular complexity index is 1050. The molecule has 0 bridgehead atoms. The summed E-state index contributed by atoms with van der Waals surface area (Å²) < 4.78 is 5.70. The number of pyridine rings is 1. The minimum absolute atomic E-state index is 0.00698. The molecule has 1 aliphatic rings. The van der Waals surface area contributed by atoms with E-state index >= 15 is 0 Å². The van der Waals surface area contributed by atoms with E-state index in [9.17, 15) is 9.59 Å². The highest BCUT2D eigenvalue weighted by Crippen LogP contribution is 2.17. The summed E-state index contributed by atoms with van der Waals surface area (Å²) in [7, 11) is 0. The van der Waals surface area contributed by atoms with Crippen LogP contribution in [0.2, 0.25) is 0 Å². The van der Waals surface area contributed by atoms with Crippen LogP contribution in [-0.4, -0.2) is 47.0 Å². The Labute approximate surface area is 175 Å². The molecular formula is C24H25N3O3. The van der Waals surface area contributed by atoms with Crippen molar-refractivity contribution in [3.05, 3.63) is 77.6 Å². The molecule has 0 saturated carbocycles. The summed E-state index contributed by atoms with van der Waals surface area (Å²) in [6.07, 6.45) is 1.72. The van der Waals surface area contributed by atoms with Crippen LogP contribution in [0.5, 0.6) is 0 Å². The number of nitrogens with one attached hydrogen (secondary N) is 1. The molecule has 1 N–H and O–H groups in total. The first-order chi connectivity index (χ1) is 14.5. The Kier molecular flexibility index (Phi) is 5.77. The van der Waals surface area contributed by atoms with Crippen LogP contribution in [0.4, 0.5) is 0 Å². The van der Waals surface area contributed by atoms with E-state index in [1.165, 1.54) is 0 Å². The molecule has 1 aromatic heterocycles. The van der Waals surface area contributed by atoms with Gasteiger partial charge in [-0.1, -0.05) is 36.4 Å². The Balaban J connectivity index is 1.40. The molecule has 4 rings (SSSR count). The fraction of sp³-hybridized carbons (Fsp3) is 0.292. The fourth-order valence-corrected chi connectivity index (χ4v) is 3.86. The van der Waals surface area contributed by atoms with E-state index in [0.29, 0.717) is 30.9 Å². The lowest BCUT2D eigenvalue weighted by Gasteiger charge is -2.35. The SMILES string of the molecule is CC1CN(C(=O)c2ccc(CNC(=O)c3nccc4ccccc34)cc2)CC(C)O1. The van der Waals surface area contributed by atoms with Crippen molar-refractivity contribution in [3.8, 4) is 0 Å². The number of aromatic nitrogens is 1. The topological polar surface area (TPSA) is 71.5 Å². The summed E-state index contributed by atoms with van der Waals surface area (Å²) in [6, 6.07) is 16.9. The van der Waals surface area contributed by atoms with Crippen molar-refractivity contribution in [2.24, 2.45) is 0 Å². The van der Waals surface area contributed by atoms with Crippen molar-refractivity contribution < 1.29 is 14.3 Å². The number of amides is 2. The molecular weight excluding hydrogens is 378 g/mol. The molecule has 6 heteroatoms. The first-order valence-electron chi connectivity index (χ1n) is 10.2. The zero-order valence-corrected chi connectivity index (χ0v) is 17.2. The Morgan fingerprint density at radius 1 is 1.03 bits per heavy atom. The van der Waals surface area contributed by atoms with E-state index in [1.54, 1.807) is 6.20 Å². The molecule has 2 unspecified atom stereocenters. The Morgan fingerprint density at radius 2 is 1.73 bits per heavy atom. The number of hydrogen-bond donors (Lipinski definition) is 1. The van der Waals surface area contributed by atoms with Gasteiger partial charge in [0.15, 0.2) is 0 Å². The molecule has 0 spiro atoms. The third-order valence-electron chi connectivity index (χ3n) is 5.25. The highest BCUT2D eigenvalue weighted by atomic mass is 16.5. The fourth-order valence-electron chi connectivity index (χ4n) is 3.86. The van der Waals surface area contributed by atoms with E-state index in [-0.39, 0.29) is 24.0 Å². The molecule has 1 saturated heterocycles. The molecule has 1 fully saturated rings. The summed E-state index contributed by atoms with van der Waals surface area (Å²) >= 11 is 0. The van der Waals surface area contributed by atoms with Crippen molar-refractivity contribution in [2.75, 3.05) is 13.1 Å². The van der Waals surface area contributed by atoms with Gasteiger partial charge in [-0.2, -0.15) is 0 Å². The number of morpholine rings is 1. The summed E-state index contributed by atoms with van der Waals surface area (Å²) in [6.45, 7) is 5.51. The molecule has 6 nitrogen and oxygen atoms in total. The molecule has 0 aliphatic carbocycles. The number of ether oxygens (including phenoxy) is 1. The molecule has 3 aromatic rings. The number of nitrogens with zero attached hydrogens (tertiary/aromatic N) is 2. The molecule has 2 atom stereocenters. The van der Waals surface area contributed by atoms with Gasteiger partial charge >= 0.3 is 0 Å². The Morgan fingerprint density at radius 3 is 2.47 bits per heavy atom. The van der Waals surface area contributed by atoms with Crippen molar-refractivity contribution in [1.29, 1.82) is 0 Å². The maximum absolute atomic E-state index is 12.8. The lowest BCUT2D eigenvalue weighted by atomic mass is 10.1. The molecule has 2 amide bonds. The number of carbonyl (C=O) groups excluding carboxylic acids is 2. The standard InChI is InChI=1S/C24H25N3O3/c1-16-14-27(15-17(2)30-16)24(29)20-9-7-18(8-10-20)13-26-23(28)22-21-6-4-3-5-19(21)11-12-25-22/h3-12,16-17H,13-15H2,1-2H3,(H,26,28). The van der Waals surface area contributed by atoms with E-state index in [2.05, 4.69) is 10.3 Å². The molecule has 1 aliphatic heterocycles. The minimum Gasteiger partial charge on any atom is -0.372 e. The lowest BCUT2D eigenvalue weighted by molar-refractivity contribution is -0.0586. The number of benzene rings is 2. The zero-order chi connectivity index (χ0) is 21.1. The third kappa shape index (κ3) is 4.33. The predicted octanol–water partition coefficient (Wildman–Crippen LogP) is 3.41. The van der Waals surface area contributed by atoms with Crippen molar-refractivity contribution in [3.63, 3.8) is 0 Å². The van der Waals surface area contributed by atoms with Crippen molar-refractivity contribution in [1.82, 2.24) is 15.2 Å².